The zero-order valence-electron chi connectivity index (χ0n) is 10.9. The lowest BCUT2D eigenvalue weighted by Gasteiger charge is -2.41. The molecule has 1 spiro atoms. The highest BCUT2D eigenvalue weighted by Crippen LogP contribution is 2.52. The predicted molar refractivity (Wildman–Crippen MR) is 68.6 cm³/mol. The van der Waals surface area contributed by atoms with Crippen LogP contribution in [0, 0.1) is 5.41 Å². The van der Waals surface area contributed by atoms with Crippen molar-refractivity contribution < 1.29 is 13.2 Å². The summed E-state index contributed by atoms with van der Waals surface area (Å²) in [5, 5.41) is 0. The van der Waals surface area contributed by atoms with E-state index in [0.717, 1.165) is 25.7 Å². The molecule has 0 bridgehead atoms. The molecular formula is C12H22N2O3S. The fourth-order valence-corrected chi connectivity index (χ4v) is 5.66. The molecule has 0 radical (unpaired) electrons. The standard InChI is InChI=1S/C12H22N2O3S/c1-17-9-12(5-6-12)18(15,16)14-7-10(13)11(8-14)3-2-4-11/h10H,2-9,13H2,1H3. The lowest BCUT2D eigenvalue weighted by Crippen LogP contribution is -2.45. The van der Waals surface area contributed by atoms with E-state index >= 15 is 0 Å². The van der Waals surface area contributed by atoms with E-state index in [-0.39, 0.29) is 11.5 Å². The van der Waals surface area contributed by atoms with Crippen molar-refractivity contribution in [3.63, 3.8) is 0 Å². The van der Waals surface area contributed by atoms with Gasteiger partial charge in [0.05, 0.1) is 6.61 Å². The monoisotopic (exact) mass is 274 g/mol. The molecule has 1 atom stereocenters. The van der Waals surface area contributed by atoms with Crippen molar-refractivity contribution >= 4 is 10.0 Å². The molecule has 3 aliphatic rings. The fourth-order valence-electron chi connectivity index (χ4n) is 3.44. The second kappa shape index (κ2) is 3.91. The van der Waals surface area contributed by atoms with Gasteiger partial charge in [-0.25, -0.2) is 8.42 Å². The van der Waals surface area contributed by atoms with Gasteiger partial charge in [0.25, 0.3) is 0 Å². The molecule has 104 valence electrons. The molecule has 3 rings (SSSR count). The van der Waals surface area contributed by atoms with Crippen LogP contribution in [0.1, 0.15) is 32.1 Å². The van der Waals surface area contributed by atoms with E-state index in [1.54, 1.807) is 11.4 Å². The molecule has 5 nitrogen and oxygen atoms in total. The van der Waals surface area contributed by atoms with E-state index in [9.17, 15) is 8.42 Å². The third kappa shape index (κ3) is 1.59. The van der Waals surface area contributed by atoms with Gasteiger partial charge in [0.15, 0.2) is 0 Å². The maximum atomic E-state index is 12.7. The topological polar surface area (TPSA) is 72.6 Å². The van der Waals surface area contributed by atoms with E-state index in [1.165, 1.54) is 6.42 Å². The molecule has 2 aliphatic carbocycles. The van der Waals surface area contributed by atoms with E-state index in [2.05, 4.69) is 0 Å². The zero-order chi connectivity index (χ0) is 13.0. The molecule has 0 aromatic carbocycles. The Kier molecular flexibility index (Phi) is 2.79. The fraction of sp³-hybridized carbons (Fsp3) is 1.00. The quantitative estimate of drug-likeness (QED) is 0.801. The normalized spacial score (nSPS) is 33.6. The Balaban J connectivity index is 1.80. The van der Waals surface area contributed by atoms with Crippen LogP contribution in [0.3, 0.4) is 0 Å². The smallest absolute Gasteiger partial charge is 0.222 e. The second-order valence-electron chi connectivity index (χ2n) is 6.24. The van der Waals surface area contributed by atoms with Gasteiger partial charge in [0.2, 0.25) is 10.0 Å². The molecule has 0 aromatic rings. The number of rotatable bonds is 4. The van der Waals surface area contributed by atoms with Gasteiger partial charge in [-0.1, -0.05) is 6.42 Å². The van der Waals surface area contributed by atoms with E-state index in [4.69, 9.17) is 10.5 Å². The van der Waals surface area contributed by atoms with Gasteiger partial charge in [-0.2, -0.15) is 4.31 Å². The van der Waals surface area contributed by atoms with E-state index in [1.807, 2.05) is 0 Å². The summed E-state index contributed by atoms with van der Waals surface area (Å²) in [6.45, 7) is 1.43. The number of ether oxygens (including phenoxy) is 1. The number of hydrogen-bond donors (Lipinski definition) is 1. The molecule has 1 heterocycles. The van der Waals surface area contributed by atoms with Gasteiger partial charge >= 0.3 is 0 Å². The van der Waals surface area contributed by atoms with Gasteiger partial charge in [0, 0.05) is 31.7 Å². The molecule has 1 aliphatic heterocycles. The van der Waals surface area contributed by atoms with Crippen molar-refractivity contribution in [1.82, 2.24) is 4.31 Å². The van der Waals surface area contributed by atoms with Crippen LogP contribution in [0.15, 0.2) is 0 Å². The number of methoxy groups -OCH3 is 1. The summed E-state index contributed by atoms with van der Waals surface area (Å²) in [5.74, 6) is 0. The molecule has 0 amide bonds. The van der Waals surface area contributed by atoms with Gasteiger partial charge in [-0.05, 0) is 25.7 Å². The van der Waals surface area contributed by atoms with Crippen LogP contribution < -0.4 is 5.73 Å². The molecule has 2 saturated carbocycles. The lowest BCUT2D eigenvalue weighted by molar-refractivity contribution is 0.132. The molecular weight excluding hydrogens is 252 g/mol. The summed E-state index contributed by atoms with van der Waals surface area (Å²) in [5.41, 5.74) is 6.24. The van der Waals surface area contributed by atoms with Gasteiger partial charge in [-0.15, -0.1) is 0 Å². The minimum atomic E-state index is -3.24. The number of sulfonamides is 1. The van der Waals surface area contributed by atoms with Crippen molar-refractivity contribution in [2.24, 2.45) is 11.1 Å². The lowest BCUT2D eigenvalue weighted by atomic mass is 9.66. The molecule has 18 heavy (non-hydrogen) atoms. The largest absolute Gasteiger partial charge is 0.383 e. The summed E-state index contributed by atoms with van der Waals surface area (Å²) in [6, 6.07) is 0.0133. The van der Waals surface area contributed by atoms with Crippen LogP contribution in [0.2, 0.25) is 0 Å². The Morgan fingerprint density at radius 1 is 1.33 bits per heavy atom. The third-order valence-corrected chi connectivity index (χ3v) is 7.71. The Hall–Kier alpha value is -0.170. The number of hydrogen-bond acceptors (Lipinski definition) is 4. The van der Waals surface area contributed by atoms with Crippen LogP contribution in [0.4, 0.5) is 0 Å². The SMILES string of the molecule is COCC1(S(=O)(=O)N2CC(N)C3(CCC3)C2)CC1. The third-order valence-electron chi connectivity index (χ3n) is 5.13. The first-order valence-corrected chi connectivity index (χ1v) is 8.14. The van der Waals surface area contributed by atoms with Crippen molar-refractivity contribution in [3.8, 4) is 0 Å². The summed E-state index contributed by atoms with van der Waals surface area (Å²) < 4.78 is 31.4. The van der Waals surface area contributed by atoms with Crippen LogP contribution >= 0.6 is 0 Å². The van der Waals surface area contributed by atoms with E-state index in [0.29, 0.717) is 19.7 Å². The van der Waals surface area contributed by atoms with Gasteiger partial charge in [-0.3, -0.25) is 0 Å². The van der Waals surface area contributed by atoms with E-state index < -0.39 is 14.8 Å². The average molecular weight is 274 g/mol. The van der Waals surface area contributed by atoms with Crippen LogP contribution in [0.25, 0.3) is 0 Å². The molecule has 1 unspecified atom stereocenters. The Morgan fingerprint density at radius 3 is 2.39 bits per heavy atom. The minimum Gasteiger partial charge on any atom is -0.383 e. The van der Waals surface area contributed by atoms with Crippen molar-refractivity contribution in [1.29, 1.82) is 0 Å². The van der Waals surface area contributed by atoms with Crippen LogP contribution in [-0.2, 0) is 14.8 Å². The molecule has 6 heteroatoms. The maximum absolute atomic E-state index is 12.7. The molecule has 1 saturated heterocycles. The Bertz CT molecular complexity index is 440. The minimum absolute atomic E-state index is 0.0133. The summed E-state index contributed by atoms with van der Waals surface area (Å²) in [7, 11) is -1.67. The Morgan fingerprint density at radius 2 is 2.00 bits per heavy atom. The van der Waals surface area contributed by atoms with Crippen LogP contribution in [0.5, 0.6) is 0 Å². The highest BCUT2D eigenvalue weighted by atomic mass is 32.2. The first-order valence-electron chi connectivity index (χ1n) is 6.70. The van der Waals surface area contributed by atoms with Crippen LogP contribution in [-0.4, -0.2) is 50.3 Å². The summed E-state index contributed by atoms with van der Waals surface area (Å²) in [4.78, 5) is 0. The molecule has 3 fully saturated rings. The predicted octanol–water partition coefficient (Wildman–Crippen LogP) is 0.308. The van der Waals surface area contributed by atoms with Crippen molar-refractivity contribution in [3.05, 3.63) is 0 Å². The van der Waals surface area contributed by atoms with Crippen molar-refractivity contribution in [2.75, 3.05) is 26.8 Å². The maximum Gasteiger partial charge on any atom is 0.222 e. The van der Waals surface area contributed by atoms with Crippen molar-refractivity contribution in [2.45, 2.75) is 42.9 Å². The highest BCUT2D eigenvalue weighted by Gasteiger charge is 2.61. The van der Waals surface area contributed by atoms with Gasteiger partial charge in [0.1, 0.15) is 4.75 Å². The summed E-state index contributed by atoms with van der Waals surface area (Å²) in [6.07, 6.45) is 4.80. The highest BCUT2D eigenvalue weighted by molar-refractivity contribution is 7.90. The zero-order valence-corrected chi connectivity index (χ0v) is 11.7. The first-order chi connectivity index (χ1) is 8.46. The summed E-state index contributed by atoms with van der Waals surface area (Å²) >= 11 is 0. The number of nitrogens with zero attached hydrogens (tertiary/aromatic N) is 1. The average Bonchev–Trinajstić information content (AvgIpc) is 2.94. The molecule has 0 aromatic heterocycles. The first kappa shape index (κ1) is 12.8. The Labute approximate surface area is 109 Å². The number of nitrogens with two attached hydrogens (primary N) is 1. The molecule has 2 N–H and O–H groups in total. The van der Waals surface area contributed by atoms with Gasteiger partial charge < -0.3 is 10.5 Å². The second-order valence-corrected chi connectivity index (χ2v) is 8.57.